The highest BCUT2D eigenvalue weighted by atomic mass is 32.1. The molecule has 0 unspecified atom stereocenters. The maximum Gasteiger partial charge on any atom is 0.269 e. The zero-order chi connectivity index (χ0) is 12.3. The predicted molar refractivity (Wildman–Crippen MR) is 66.9 cm³/mol. The van der Waals surface area contributed by atoms with E-state index >= 15 is 0 Å². The Morgan fingerprint density at radius 2 is 2.35 bits per heavy atom. The van der Waals surface area contributed by atoms with E-state index in [9.17, 15) is 4.79 Å². The number of anilines is 1. The van der Waals surface area contributed by atoms with Gasteiger partial charge in [-0.25, -0.2) is 0 Å². The van der Waals surface area contributed by atoms with Crippen molar-refractivity contribution in [2.24, 2.45) is 5.73 Å². The Bertz CT molecular complexity index is 538. The van der Waals surface area contributed by atoms with Crippen molar-refractivity contribution in [2.75, 3.05) is 5.32 Å². The quantitative estimate of drug-likeness (QED) is 0.863. The number of aryl methyl sites for hydroxylation is 1. The highest BCUT2D eigenvalue weighted by Gasteiger charge is 2.13. The first-order chi connectivity index (χ1) is 8.20. The van der Waals surface area contributed by atoms with E-state index in [1.807, 2.05) is 24.3 Å². The Kier molecular flexibility index (Phi) is 3.46. The Morgan fingerprint density at radius 3 is 3.00 bits per heavy atom. The van der Waals surface area contributed by atoms with Crippen LogP contribution in [0.4, 0.5) is 5.69 Å². The minimum absolute atomic E-state index is 0.188. The van der Waals surface area contributed by atoms with Gasteiger partial charge in [-0.2, -0.15) is 0 Å². The highest BCUT2D eigenvalue weighted by molar-refractivity contribution is 7.08. The molecule has 5 nitrogen and oxygen atoms in total. The van der Waals surface area contributed by atoms with Gasteiger partial charge in [0.05, 0.1) is 5.69 Å². The van der Waals surface area contributed by atoms with Crippen LogP contribution in [0.25, 0.3) is 0 Å². The predicted octanol–water partition coefficient (Wildman–Crippen LogP) is 1.56. The van der Waals surface area contributed by atoms with Crippen LogP contribution in [0.5, 0.6) is 0 Å². The molecule has 88 valence electrons. The molecule has 1 heterocycles. The average Bonchev–Trinajstić information content (AvgIpc) is 2.76. The van der Waals surface area contributed by atoms with Gasteiger partial charge in [0, 0.05) is 12.2 Å². The summed E-state index contributed by atoms with van der Waals surface area (Å²) in [5.74, 6) is -0.188. The number of rotatable bonds is 3. The molecule has 0 atom stereocenters. The summed E-state index contributed by atoms with van der Waals surface area (Å²) in [7, 11) is 0. The number of hydrogen-bond donors (Lipinski definition) is 2. The minimum Gasteiger partial charge on any atom is -0.326 e. The molecule has 1 aromatic heterocycles. The second-order valence-corrected chi connectivity index (χ2v) is 4.30. The van der Waals surface area contributed by atoms with E-state index in [0.717, 1.165) is 22.8 Å². The maximum atomic E-state index is 11.9. The molecular formula is C11H12N4OS. The van der Waals surface area contributed by atoms with Crippen molar-refractivity contribution in [1.29, 1.82) is 0 Å². The number of aromatic nitrogens is 2. The van der Waals surface area contributed by atoms with E-state index in [-0.39, 0.29) is 5.91 Å². The van der Waals surface area contributed by atoms with Crippen LogP contribution < -0.4 is 11.1 Å². The van der Waals surface area contributed by atoms with E-state index in [0.29, 0.717) is 17.1 Å². The van der Waals surface area contributed by atoms with Gasteiger partial charge in [0.2, 0.25) is 0 Å². The zero-order valence-corrected chi connectivity index (χ0v) is 10.1. The van der Waals surface area contributed by atoms with Crippen LogP contribution in [0.1, 0.15) is 20.9 Å². The monoisotopic (exact) mass is 248 g/mol. The third kappa shape index (κ3) is 2.66. The lowest BCUT2D eigenvalue weighted by Gasteiger charge is -2.05. The van der Waals surface area contributed by atoms with Gasteiger partial charge >= 0.3 is 0 Å². The molecule has 1 aromatic carbocycles. The molecule has 0 radical (unpaired) electrons. The van der Waals surface area contributed by atoms with Gasteiger partial charge in [0.15, 0.2) is 0 Å². The largest absolute Gasteiger partial charge is 0.326 e. The summed E-state index contributed by atoms with van der Waals surface area (Å²) < 4.78 is 3.73. The summed E-state index contributed by atoms with van der Waals surface area (Å²) in [6.07, 6.45) is 0. The summed E-state index contributed by atoms with van der Waals surface area (Å²) in [4.78, 5) is 12.4. The Labute approximate surface area is 103 Å². The third-order valence-corrected chi connectivity index (χ3v) is 3.11. The second-order valence-electron chi connectivity index (χ2n) is 3.55. The first-order valence-corrected chi connectivity index (χ1v) is 5.87. The molecule has 2 rings (SSSR count). The maximum absolute atomic E-state index is 11.9. The van der Waals surface area contributed by atoms with E-state index in [1.165, 1.54) is 0 Å². The van der Waals surface area contributed by atoms with Crippen LogP contribution in [-0.4, -0.2) is 15.5 Å². The van der Waals surface area contributed by atoms with Crippen LogP contribution >= 0.6 is 11.5 Å². The molecule has 0 saturated carbocycles. The number of nitrogens with one attached hydrogen (secondary N) is 1. The van der Waals surface area contributed by atoms with Gasteiger partial charge in [-0.05, 0) is 36.2 Å². The number of nitrogens with two attached hydrogens (primary N) is 1. The highest BCUT2D eigenvalue weighted by Crippen LogP contribution is 2.14. The number of carbonyl (C=O) groups excluding carboxylic acids is 1. The van der Waals surface area contributed by atoms with Crippen LogP contribution in [0.2, 0.25) is 0 Å². The number of carbonyl (C=O) groups is 1. The molecule has 0 fully saturated rings. The molecule has 17 heavy (non-hydrogen) atoms. The Balaban J connectivity index is 2.16. The van der Waals surface area contributed by atoms with Gasteiger partial charge in [0.1, 0.15) is 4.88 Å². The normalized spacial score (nSPS) is 10.2. The fraction of sp³-hybridized carbons (Fsp3) is 0.182. The fourth-order valence-corrected chi connectivity index (χ4v) is 1.96. The molecule has 0 aliphatic heterocycles. The molecule has 6 heteroatoms. The van der Waals surface area contributed by atoms with Crippen molar-refractivity contribution in [1.82, 2.24) is 9.59 Å². The first-order valence-electron chi connectivity index (χ1n) is 5.10. The fourth-order valence-electron chi connectivity index (χ4n) is 1.40. The van der Waals surface area contributed by atoms with Gasteiger partial charge in [-0.15, -0.1) is 5.10 Å². The van der Waals surface area contributed by atoms with E-state index in [1.54, 1.807) is 6.92 Å². The molecule has 1 amide bonds. The lowest BCUT2D eigenvalue weighted by Crippen LogP contribution is -2.12. The topological polar surface area (TPSA) is 80.9 Å². The number of amides is 1. The lowest BCUT2D eigenvalue weighted by atomic mass is 10.2. The third-order valence-electron chi connectivity index (χ3n) is 2.28. The lowest BCUT2D eigenvalue weighted by molar-refractivity contribution is 0.103. The van der Waals surface area contributed by atoms with Gasteiger partial charge in [0.25, 0.3) is 5.91 Å². The molecule has 0 aliphatic carbocycles. The van der Waals surface area contributed by atoms with Crippen molar-refractivity contribution < 1.29 is 4.79 Å². The summed E-state index contributed by atoms with van der Waals surface area (Å²) >= 11 is 1.09. The Morgan fingerprint density at radius 1 is 1.53 bits per heavy atom. The molecule has 0 saturated heterocycles. The van der Waals surface area contributed by atoms with Gasteiger partial charge in [-0.3, -0.25) is 4.79 Å². The molecule has 0 spiro atoms. The van der Waals surface area contributed by atoms with Crippen molar-refractivity contribution in [2.45, 2.75) is 13.5 Å². The summed E-state index contributed by atoms with van der Waals surface area (Å²) in [5.41, 5.74) is 7.88. The summed E-state index contributed by atoms with van der Waals surface area (Å²) in [5, 5.41) is 6.60. The second kappa shape index (κ2) is 5.03. The van der Waals surface area contributed by atoms with Crippen LogP contribution in [0.15, 0.2) is 24.3 Å². The molecule has 0 bridgehead atoms. The molecule has 0 aliphatic rings. The van der Waals surface area contributed by atoms with Crippen LogP contribution in [0.3, 0.4) is 0 Å². The standard InChI is InChI=1S/C11H12N4OS/c1-7-10(17-15-14-7)11(16)13-9-4-2-3-8(5-9)6-12/h2-5H,6,12H2,1H3,(H,13,16). The molecule has 2 aromatic rings. The number of benzene rings is 1. The first kappa shape index (κ1) is 11.7. The number of nitrogens with zero attached hydrogens (tertiary/aromatic N) is 2. The minimum atomic E-state index is -0.188. The van der Waals surface area contributed by atoms with Crippen LogP contribution in [-0.2, 0) is 6.54 Å². The van der Waals surface area contributed by atoms with E-state index in [4.69, 9.17) is 5.73 Å². The molecular weight excluding hydrogens is 236 g/mol. The van der Waals surface area contributed by atoms with Gasteiger partial charge in [-0.1, -0.05) is 16.6 Å². The molecule has 3 N–H and O–H groups in total. The van der Waals surface area contributed by atoms with Crippen molar-refractivity contribution in [3.63, 3.8) is 0 Å². The van der Waals surface area contributed by atoms with E-state index < -0.39 is 0 Å². The zero-order valence-electron chi connectivity index (χ0n) is 9.30. The average molecular weight is 248 g/mol. The Hall–Kier alpha value is -1.79. The SMILES string of the molecule is Cc1nnsc1C(=O)Nc1cccc(CN)c1. The van der Waals surface area contributed by atoms with Gasteiger partial charge < -0.3 is 11.1 Å². The number of hydrogen-bond acceptors (Lipinski definition) is 5. The van der Waals surface area contributed by atoms with Crippen molar-refractivity contribution >= 4 is 23.1 Å². The van der Waals surface area contributed by atoms with Crippen molar-refractivity contribution in [3.8, 4) is 0 Å². The summed E-state index contributed by atoms with van der Waals surface area (Å²) in [6, 6.07) is 7.44. The van der Waals surface area contributed by atoms with Crippen LogP contribution in [0, 0.1) is 6.92 Å². The summed E-state index contributed by atoms with van der Waals surface area (Å²) in [6.45, 7) is 2.21. The smallest absolute Gasteiger partial charge is 0.269 e. The van der Waals surface area contributed by atoms with E-state index in [2.05, 4.69) is 14.9 Å². The van der Waals surface area contributed by atoms with Crippen molar-refractivity contribution in [3.05, 3.63) is 40.4 Å².